The molecule has 0 radical (unpaired) electrons. The molecular formula is C8H12O. The highest BCUT2D eigenvalue weighted by molar-refractivity contribution is 5.17. The van der Waals surface area contributed by atoms with Crippen LogP contribution >= 0.6 is 0 Å². The average molecular weight is 124 g/mol. The summed E-state index contributed by atoms with van der Waals surface area (Å²) in [4.78, 5) is 0. The maximum atomic E-state index is 5.33. The van der Waals surface area contributed by atoms with Gasteiger partial charge in [0.2, 0.25) is 0 Å². The van der Waals surface area contributed by atoms with Gasteiger partial charge in [-0.15, -0.1) is 0 Å². The van der Waals surface area contributed by atoms with Gasteiger partial charge in [0.05, 0.1) is 6.10 Å². The van der Waals surface area contributed by atoms with Crippen molar-refractivity contribution in [2.24, 2.45) is 0 Å². The quantitative estimate of drug-likeness (QED) is 0.511. The molecule has 0 N–H and O–H groups in total. The molecule has 0 amide bonds. The van der Waals surface area contributed by atoms with Crippen LogP contribution in [-0.4, -0.2) is 12.7 Å². The Kier molecular flexibility index (Phi) is 2.06. The SMILES string of the molecule is C=CC(=C)[C@H]1CCCO1. The first-order chi connectivity index (χ1) is 4.34. The summed E-state index contributed by atoms with van der Waals surface area (Å²) < 4.78 is 5.33. The Bertz CT molecular complexity index is 121. The van der Waals surface area contributed by atoms with E-state index in [0.29, 0.717) is 0 Å². The molecule has 50 valence electrons. The van der Waals surface area contributed by atoms with Crippen LogP contribution < -0.4 is 0 Å². The Morgan fingerprint density at radius 1 is 1.67 bits per heavy atom. The second-order valence-corrected chi connectivity index (χ2v) is 2.28. The van der Waals surface area contributed by atoms with Crippen molar-refractivity contribution in [1.29, 1.82) is 0 Å². The topological polar surface area (TPSA) is 9.23 Å². The van der Waals surface area contributed by atoms with Crippen LogP contribution in [0.5, 0.6) is 0 Å². The third-order valence-electron chi connectivity index (χ3n) is 1.61. The molecule has 1 nitrogen and oxygen atoms in total. The molecule has 0 bridgehead atoms. The van der Waals surface area contributed by atoms with Crippen LogP contribution in [0.25, 0.3) is 0 Å². The fourth-order valence-corrected chi connectivity index (χ4v) is 1.00. The lowest BCUT2D eigenvalue weighted by Gasteiger charge is -2.06. The molecule has 0 aromatic rings. The highest BCUT2D eigenvalue weighted by Crippen LogP contribution is 2.18. The molecule has 1 aliphatic heterocycles. The molecule has 1 saturated heterocycles. The van der Waals surface area contributed by atoms with Gasteiger partial charge in [0, 0.05) is 6.61 Å². The largest absolute Gasteiger partial charge is 0.374 e. The summed E-state index contributed by atoms with van der Waals surface area (Å²) in [6.45, 7) is 8.32. The third-order valence-corrected chi connectivity index (χ3v) is 1.61. The molecule has 0 aromatic carbocycles. The first-order valence-electron chi connectivity index (χ1n) is 3.27. The van der Waals surface area contributed by atoms with E-state index in [0.717, 1.165) is 25.0 Å². The molecule has 0 aliphatic carbocycles. The van der Waals surface area contributed by atoms with Gasteiger partial charge < -0.3 is 4.74 Å². The van der Waals surface area contributed by atoms with Crippen molar-refractivity contribution in [1.82, 2.24) is 0 Å². The van der Waals surface area contributed by atoms with E-state index < -0.39 is 0 Å². The molecule has 0 saturated carbocycles. The van der Waals surface area contributed by atoms with E-state index in [1.165, 1.54) is 0 Å². The molecule has 1 heteroatoms. The molecular weight excluding hydrogens is 112 g/mol. The zero-order chi connectivity index (χ0) is 6.69. The van der Waals surface area contributed by atoms with Crippen LogP contribution in [0.1, 0.15) is 12.8 Å². The third kappa shape index (κ3) is 1.42. The van der Waals surface area contributed by atoms with Crippen LogP contribution in [0.15, 0.2) is 24.8 Å². The normalized spacial score (nSPS) is 26.0. The second kappa shape index (κ2) is 2.83. The molecule has 1 heterocycles. The van der Waals surface area contributed by atoms with Crippen molar-refractivity contribution in [3.8, 4) is 0 Å². The van der Waals surface area contributed by atoms with E-state index in [2.05, 4.69) is 13.2 Å². The van der Waals surface area contributed by atoms with Crippen LogP contribution in [-0.2, 0) is 4.74 Å². The van der Waals surface area contributed by atoms with Crippen molar-refractivity contribution in [3.05, 3.63) is 24.8 Å². The van der Waals surface area contributed by atoms with Gasteiger partial charge in [-0.05, 0) is 18.4 Å². The summed E-state index contributed by atoms with van der Waals surface area (Å²) in [6, 6.07) is 0. The fourth-order valence-electron chi connectivity index (χ4n) is 1.00. The van der Waals surface area contributed by atoms with Gasteiger partial charge in [-0.1, -0.05) is 19.2 Å². The maximum absolute atomic E-state index is 5.33. The lowest BCUT2D eigenvalue weighted by atomic mass is 10.1. The molecule has 1 atom stereocenters. The summed E-state index contributed by atoms with van der Waals surface area (Å²) >= 11 is 0. The smallest absolute Gasteiger partial charge is 0.0819 e. The summed E-state index contributed by atoms with van der Waals surface area (Å²) in [5, 5.41) is 0. The van der Waals surface area contributed by atoms with Gasteiger partial charge in [0.25, 0.3) is 0 Å². The summed E-state index contributed by atoms with van der Waals surface area (Å²) in [6.07, 6.45) is 4.32. The predicted octanol–water partition coefficient (Wildman–Crippen LogP) is 1.91. The number of rotatable bonds is 2. The lowest BCUT2D eigenvalue weighted by molar-refractivity contribution is 0.140. The van der Waals surface area contributed by atoms with Gasteiger partial charge in [-0.2, -0.15) is 0 Å². The Hall–Kier alpha value is -0.560. The summed E-state index contributed by atoms with van der Waals surface area (Å²) in [7, 11) is 0. The average Bonchev–Trinajstić information content (AvgIpc) is 2.37. The molecule has 0 unspecified atom stereocenters. The second-order valence-electron chi connectivity index (χ2n) is 2.28. The van der Waals surface area contributed by atoms with E-state index in [1.54, 1.807) is 6.08 Å². The zero-order valence-electron chi connectivity index (χ0n) is 5.60. The van der Waals surface area contributed by atoms with E-state index in [9.17, 15) is 0 Å². The van der Waals surface area contributed by atoms with Gasteiger partial charge in [-0.25, -0.2) is 0 Å². The molecule has 1 aliphatic rings. The van der Waals surface area contributed by atoms with Crippen molar-refractivity contribution in [2.45, 2.75) is 18.9 Å². The number of hydrogen-bond acceptors (Lipinski definition) is 1. The summed E-state index contributed by atoms with van der Waals surface area (Å²) in [5.74, 6) is 0. The van der Waals surface area contributed by atoms with Crippen LogP contribution in [0.3, 0.4) is 0 Å². The molecule has 9 heavy (non-hydrogen) atoms. The first kappa shape index (κ1) is 6.56. The lowest BCUT2D eigenvalue weighted by Crippen LogP contribution is -2.05. The van der Waals surface area contributed by atoms with Gasteiger partial charge >= 0.3 is 0 Å². The van der Waals surface area contributed by atoms with Crippen LogP contribution in [0.2, 0.25) is 0 Å². The van der Waals surface area contributed by atoms with E-state index in [1.807, 2.05) is 0 Å². The number of ether oxygens (including phenoxy) is 1. The van der Waals surface area contributed by atoms with Crippen LogP contribution in [0.4, 0.5) is 0 Å². The maximum Gasteiger partial charge on any atom is 0.0819 e. The minimum absolute atomic E-state index is 0.266. The Balaban J connectivity index is 2.41. The van der Waals surface area contributed by atoms with Crippen LogP contribution in [0, 0.1) is 0 Å². The minimum Gasteiger partial charge on any atom is -0.374 e. The summed E-state index contributed by atoms with van der Waals surface area (Å²) in [5.41, 5.74) is 1.02. The van der Waals surface area contributed by atoms with Crippen molar-refractivity contribution >= 4 is 0 Å². The van der Waals surface area contributed by atoms with Crippen molar-refractivity contribution < 1.29 is 4.74 Å². The highest BCUT2D eigenvalue weighted by atomic mass is 16.5. The Morgan fingerprint density at radius 3 is 2.89 bits per heavy atom. The van der Waals surface area contributed by atoms with E-state index >= 15 is 0 Å². The first-order valence-corrected chi connectivity index (χ1v) is 3.27. The zero-order valence-corrected chi connectivity index (χ0v) is 5.60. The molecule has 1 rings (SSSR count). The molecule has 1 fully saturated rings. The standard InChI is InChI=1S/C8H12O/c1-3-7(2)8-5-4-6-9-8/h3,8H,1-2,4-6H2/t8-/m1/s1. The number of hydrogen-bond donors (Lipinski definition) is 0. The van der Waals surface area contributed by atoms with Crippen molar-refractivity contribution in [3.63, 3.8) is 0 Å². The predicted molar refractivity (Wildman–Crippen MR) is 38.3 cm³/mol. The van der Waals surface area contributed by atoms with Gasteiger partial charge in [0.15, 0.2) is 0 Å². The van der Waals surface area contributed by atoms with E-state index in [-0.39, 0.29) is 6.10 Å². The molecule has 0 spiro atoms. The minimum atomic E-state index is 0.266. The Labute approximate surface area is 56.0 Å². The fraction of sp³-hybridized carbons (Fsp3) is 0.500. The highest BCUT2D eigenvalue weighted by Gasteiger charge is 2.15. The Morgan fingerprint density at radius 2 is 2.44 bits per heavy atom. The monoisotopic (exact) mass is 124 g/mol. The van der Waals surface area contributed by atoms with Crippen molar-refractivity contribution in [2.75, 3.05) is 6.61 Å². The van der Waals surface area contributed by atoms with Gasteiger partial charge in [-0.3, -0.25) is 0 Å². The van der Waals surface area contributed by atoms with Gasteiger partial charge in [0.1, 0.15) is 0 Å². The van der Waals surface area contributed by atoms with E-state index in [4.69, 9.17) is 4.74 Å². The molecule has 0 aromatic heterocycles.